The molecular weight excluding hydrogens is 214 g/mol. The van der Waals surface area contributed by atoms with Crippen LogP contribution in [0.1, 0.15) is 25.8 Å². The first-order valence-corrected chi connectivity index (χ1v) is 6.27. The smallest absolute Gasteiger partial charge is 0.161 e. The molecule has 1 atom stereocenters. The van der Waals surface area contributed by atoms with E-state index in [1.54, 1.807) is 0 Å². The summed E-state index contributed by atoms with van der Waals surface area (Å²) < 4.78 is 11.1. The number of rotatable bonds is 3. The molecule has 3 rings (SSSR count). The molecule has 1 saturated carbocycles. The molecule has 0 radical (unpaired) electrons. The average Bonchev–Trinajstić information content (AvgIpc) is 2.94. The lowest BCUT2D eigenvalue weighted by Gasteiger charge is -2.19. The molecule has 0 bridgehead atoms. The molecule has 0 aromatic heterocycles. The number of fused-ring (bicyclic) bond motifs is 1. The second-order valence-corrected chi connectivity index (χ2v) is 5.60. The van der Waals surface area contributed by atoms with Crippen LogP contribution >= 0.6 is 0 Å². The number of hydrogen-bond donors (Lipinski definition) is 1. The Labute approximate surface area is 102 Å². The zero-order valence-corrected chi connectivity index (χ0v) is 10.5. The molecule has 1 aromatic rings. The minimum absolute atomic E-state index is 0.480. The Morgan fingerprint density at radius 2 is 1.94 bits per heavy atom. The Morgan fingerprint density at radius 1 is 1.24 bits per heavy atom. The molecule has 1 aliphatic carbocycles. The van der Waals surface area contributed by atoms with Crippen LogP contribution in [0.2, 0.25) is 0 Å². The van der Waals surface area contributed by atoms with Gasteiger partial charge < -0.3 is 14.8 Å². The summed E-state index contributed by atoms with van der Waals surface area (Å²) in [6, 6.07) is 6.85. The van der Waals surface area contributed by atoms with E-state index in [0.29, 0.717) is 24.7 Å². The van der Waals surface area contributed by atoms with E-state index in [2.05, 4.69) is 31.3 Å². The molecule has 1 heterocycles. The summed E-state index contributed by atoms with van der Waals surface area (Å²) in [4.78, 5) is 0. The van der Waals surface area contributed by atoms with Gasteiger partial charge in [0.25, 0.3) is 0 Å². The van der Waals surface area contributed by atoms with Gasteiger partial charge in [0.1, 0.15) is 13.2 Å². The lowest BCUT2D eigenvalue weighted by atomic mass is 10.1. The highest BCUT2D eigenvalue weighted by molar-refractivity contribution is 5.43. The number of ether oxygens (including phenoxy) is 2. The van der Waals surface area contributed by atoms with Crippen LogP contribution in [-0.2, 0) is 6.54 Å². The quantitative estimate of drug-likeness (QED) is 0.869. The van der Waals surface area contributed by atoms with Gasteiger partial charge in [-0.05, 0) is 29.5 Å². The zero-order valence-electron chi connectivity index (χ0n) is 10.5. The van der Waals surface area contributed by atoms with Crippen LogP contribution < -0.4 is 14.8 Å². The maximum absolute atomic E-state index is 5.57. The minimum Gasteiger partial charge on any atom is -0.486 e. The van der Waals surface area contributed by atoms with Crippen molar-refractivity contribution in [1.29, 1.82) is 0 Å². The first-order chi connectivity index (χ1) is 8.15. The molecule has 3 nitrogen and oxygen atoms in total. The summed E-state index contributed by atoms with van der Waals surface area (Å²) in [7, 11) is 0. The predicted molar refractivity (Wildman–Crippen MR) is 66.5 cm³/mol. The molecule has 1 aromatic carbocycles. The van der Waals surface area contributed by atoms with Crippen LogP contribution in [-0.4, -0.2) is 19.3 Å². The molecule has 92 valence electrons. The molecule has 1 N–H and O–H groups in total. The standard InChI is InChI=1S/C14H19NO2/c1-14(2)8-13(14)15-9-10-3-4-11-12(7-10)17-6-5-16-11/h3-4,7,13,15H,5-6,8-9H2,1-2H3. The van der Waals surface area contributed by atoms with Crippen molar-refractivity contribution in [2.75, 3.05) is 13.2 Å². The minimum atomic E-state index is 0.480. The van der Waals surface area contributed by atoms with Gasteiger partial charge in [-0.15, -0.1) is 0 Å². The van der Waals surface area contributed by atoms with E-state index in [1.165, 1.54) is 12.0 Å². The SMILES string of the molecule is CC1(C)CC1NCc1ccc2c(c1)OCCO2. The second kappa shape index (κ2) is 3.91. The van der Waals surface area contributed by atoms with Crippen molar-refractivity contribution in [3.8, 4) is 11.5 Å². The Morgan fingerprint density at radius 3 is 2.65 bits per heavy atom. The lowest BCUT2D eigenvalue weighted by molar-refractivity contribution is 0.171. The molecule has 1 unspecified atom stereocenters. The summed E-state index contributed by atoms with van der Waals surface area (Å²) in [5.41, 5.74) is 1.74. The van der Waals surface area contributed by atoms with Crippen LogP contribution in [0.3, 0.4) is 0 Å². The number of benzene rings is 1. The normalized spacial score (nSPS) is 24.5. The Bertz CT molecular complexity index is 428. The van der Waals surface area contributed by atoms with Gasteiger partial charge in [0.05, 0.1) is 0 Å². The van der Waals surface area contributed by atoms with Crippen molar-refractivity contribution in [1.82, 2.24) is 5.32 Å². The van der Waals surface area contributed by atoms with E-state index >= 15 is 0 Å². The zero-order chi connectivity index (χ0) is 11.9. The van der Waals surface area contributed by atoms with E-state index in [4.69, 9.17) is 9.47 Å². The van der Waals surface area contributed by atoms with Gasteiger partial charge >= 0.3 is 0 Å². The molecule has 1 aliphatic heterocycles. The van der Waals surface area contributed by atoms with Crippen LogP contribution in [0, 0.1) is 5.41 Å². The van der Waals surface area contributed by atoms with Crippen LogP contribution in [0.5, 0.6) is 11.5 Å². The fraction of sp³-hybridized carbons (Fsp3) is 0.571. The highest BCUT2D eigenvalue weighted by atomic mass is 16.6. The Balaban J connectivity index is 1.64. The van der Waals surface area contributed by atoms with E-state index < -0.39 is 0 Å². The average molecular weight is 233 g/mol. The van der Waals surface area contributed by atoms with E-state index in [-0.39, 0.29) is 0 Å². The fourth-order valence-electron chi connectivity index (χ4n) is 2.25. The summed E-state index contributed by atoms with van der Waals surface area (Å²) in [6.45, 7) is 6.81. The van der Waals surface area contributed by atoms with Crippen molar-refractivity contribution in [3.63, 3.8) is 0 Å². The highest BCUT2D eigenvalue weighted by Crippen LogP contribution is 2.44. The second-order valence-electron chi connectivity index (χ2n) is 5.60. The topological polar surface area (TPSA) is 30.5 Å². The third-order valence-electron chi connectivity index (χ3n) is 3.67. The monoisotopic (exact) mass is 233 g/mol. The van der Waals surface area contributed by atoms with Gasteiger partial charge in [0.2, 0.25) is 0 Å². The third kappa shape index (κ3) is 2.25. The summed E-state index contributed by atoms with van der Waals surface area (Å²) in [5.74, 6) is 1.75. The van der Waals surface area contributed by atoms with Crippen LogP contribution in [0.4, 0.5) is 0 Å². The van der Waals surface area contributed by atoms with Gasteiger partial charge in [0.15, 0.2) is 11.5 Å². The summed E-state index contributed by atoms with van der Waals surface area (Å²) in [6.07, 6.45) is 1.28. The first-order valence-electron chi connectivity index (χ1n) is 6.27. The van der Waals surface area contributed by atoms with Crippen molar-refractivity contribution in [3.05, 3.63) is 23.8 Å². The molecule has 0 saturated heterocycles. The van der Waals surface area contributed by atoms with E-state index in [9.17, 15) is 0 Å². The summed E-state index contributed by atoms with van der Waals surface area (Å²) >= 11 is 0. The van der Waals surface area contributed by atoms with Gasteiger partial charge in [-0.3, -0.25) is 0 Å². The highest BCUT2D eigenvalue weighted by Gasteiger charge is 2.44. The molecule has 0 amide bonds. The predicted octanol–water partition coefficient (Wildman–Crippen LogP) is 2.35. The van der Waals surface area contributed by atoms with Crippen molar-refractivity contribution < 1.29 is 9.47 Å². The van der Waals surface area contributed by atoms with Gasteiger partial charge in [-0.1, -0.05) is 19.9 Å². The van der Waals surface area contributed by atoms with Crippen LogP contribution in [0.25, 0.3) is 0 Å². The number of hydrogen-bond acceptors (Lipinski definition) is 3. The molecule has 3 heteroatoms. The van der Waals surface area contributed by atoms with E-state index in [0.717, 1.165) is 18.0 Å². The molecule has 1 fully saturated rings. The molecular formula is C14H19NO2. The van der Waals surface area contributed by atoms with Gasteiger partial charge in [0, 0.05) is 12.6 Å². The Kier molecular flexibility index (Phi) is 2.51. The molecule has 0 spiro atoms. The maximum atomic E-state index is 5.57. The lowest BCUT2D eigenvalue weighted by Crippen LogP contribution is -2.20. The first kappa shape index (κ1) is 10.9. The summed E-state index contributed by atoms with van der Waals surface area (Å²) in [5, 5.41) is 3.57. The Hall–Kier alpha value is -1.22. The van der Waals surface area contributed by atoms with E-state index in [1.807, 2.05) is 6.07 Å². The molecule has 17 heavy (non-hydrogen) atoms. The van der Waals surface area contributed by atoms with Crippen molar-refractivity contribution in [2.24, 2.45) is 5.41 Å². The third-order valence-corrected chi connectivity index (χ3v) is 3.67. The van der Waals surface area contributed by atoms with Crippen LogP contribution in [0.15, 0.2) is 18.2 Å². The maximum Gasteiger partial charge on any atom is 0.161 e. The largest absolute Gasteiger partial charge is 0.486 e. The number of nitrogens with one attached hydrogen (secondary N) is 1. The fourth-order valence-corrected chi connectivity index (χ4v) is 2.25. The molecule has 2 aliphatic rings. The van der Waals surface area contributed by atoms with Crippen molar-refractivity contribution in [2.45, 2.75) is 32.9 Å². The van der Waals surface area contributed by atoms with Gasteiger partial charge in [-0.25, -0.2) is 0 Å². The van der Waals surface area contributed by atoms with Crippen molar-refractivity contribution >= 4 is 0 Å². The van der Waals surface area contributed by atoms with Gasteiger partial charge in [-0.2, -0.15) is 0 Å².